The first-order valence-corrected chi connectivity index (χ1v) is 11.8. The summed E-state index contributed by atoms with van der Waals surface area (Å²) < 4.78 is 16.6. The summed E-state index contributed by atoms with van der Waals surface area (Å²) in [6, 6.07) is 15.3. The van der Waals surface area contributed by atoms with Crippen LogP contribution in [-0.2, 0) is 14.3 Å². The molecule has 0 saturated carbocycles. The van der Waals surface area contributed by atoms with E-state index in [0.717, 1.165) is 16.9 Å². The molecule has 0 radical (unpaired) electrons. The summed E-state index contributed by atoms with van der Waals surface area (Å²) in [7, 11) is 9.11. The number of nitrogens with zero attached hydrogens (tertiary/aromatic N) is 1. The zero-order valence-electron chi connectivity index (χ0n) is 22.9. The number of aliphatic carboxylic acids is 1. The maximum atomic E-state index is 11.8. The summed E-state index contributed by atoms with van der Waals surface area (Å²) in [4.78, 5) is 24.3. The van der Waals surface area contributed by atoms with Crippen LogP contribution in [0.3, 0.4) is 0 Å². The van der Waals surface area contributed by atoms with Crippen molar-refractivity contribution in [2.75, 3.05) is 48.5 Å². The minimum Gasteiger partial charge on any atom is -0.496 e. The van der Waals surface area contributed by atoms with Gasteiger partial charge in [0.25, 0.3) is 0 Å². The largest absolute Gasteiger partial charge is 0.496 e. The van der Waals surface area contributed by atoms with Gasteiger partial charge in [0, 0.05) is 12.1 Å². The van der Waals surface area contributed by atoms with Crippen LogP contribution in [0.2, 0.25) is 0 Å². The van der Waals surface area contributed by atoms with E-state index in [0.29, 0.717) is 12.3 Å². The van der Waals surface area contributed by atoms with Crippen LogP contribution in [0.15, 0.2) is 61.7 Å². The average molecular weight is 505 g/mol. The summed E-state index contributed by atoms with van der Waals surface area (Å²) in [5.74, 6) is -0.138. The fourth-order valence-electron chi connectivity index (χ4n) is 2.79. The van der Waals surface area contributed by atoms with Crippen LogP contribution < -0.4 is 14.8 Å². The lowest BCUT2D eigenvalue weighted by molar-refractivity contribution is -0.153. The highest BCUT2D eigenvalue weighted by Crippen LogP contribution is 2.30. The van der Waals surface area contributed by atoms with Crippen LogP contribution in [0, 0.1) is 0 Å². The van der Waals surface area contributed by atoms with Crippen LogP contribution in [0.1, 0.15) is 26.7 Å². The number of carboxylic acid groups (broad SMARTS) is 1. The van der Waals surface area contributed by atoms with Crippen LogP contribution in [0.4, 0.5) is 0 Å². The fourth-order valence-corrected chi connectivity index (χ4v) is 2.79. The van der Waals surface area contributed by atoms with Gasteiger partial charge in [-0.15, -0.1) is 13.2 Å². The van der Waals surface area contributed by atoms with Crippen LogP contribution in [0.25, 0.3) is 11.1 Å². The number of ether oxygens (including phenoxy) is 3. The Labute approximate surface area is 216 Å². The quantitative estimate of drug-likeness (QED) is 0.334. The number of hydrogen-bond acceptors (Lipinski definition) is 7. The molecular weight excluding hydrogens is 460 g/mol. The molecular formula is C28H44N2O6. The van der Waals surface area contributed by atoms with Gasteiger partial charge in [0.15, 0.2) is 0 Å². The highest BCUT2D eigenvalue weighted by Gasteiger charge is 2.17. The molecule has 0 amide bonds. The van der Waals surface area contributed by atoms with E-state index < -0.39 is 18.0 Å². The molecule has 2 rings (SSSR count). The van der Waals surface area contributed by atoms with Crippen molar-refractivity contribution >= 4 is 11.9 Å². The first-order valence-electron chi connectivity index (χ1n) is 11.8. The molecule has 36 heavy (non-hydrogen) atoms. The maximum absolute atomic E-state index is 11.8. The smallest absolute Gasteiger partial charge is 0.306 e. The molecule has 8 nitrogen and oxygen atoms in total. The lowest BCUT2D eigenvalue weighted by atomic mass is 10.0. The Hall–Kier alpha value is -3.36. The van der Waals surface area contributed by atoms with Crippen molar-refractivity contribution in [1.82, 2.24) is 10.2 Å². The van der Waals surface area contributed by atoms with Crippen molar-refractivity contribution in [3.05, 3.63) is 61.7 Å². The van der Waals surface area contributed by atoms with Gasteiger partial charge < -0.3 is 29.5 Å². The lowest BCUT2D eigenvalue weighted by Gasteiger charge is -2.22. The summed E-state index contributed by atoms with van der Waals surface area (Å²) in [6.45, 7) is 10.6. The third-order valence-corrected chi connectivity index (χ3v) is 4.12. The summed E-state index contributed by atoms with van der Waals surface area (Å²) in [6.07, 6.45) is -0.911. The van der Waals surface area contributed by atoms with Crippen molar-refractivity contribution < 1.29 is 28.9 Å². The number of benzene rings is 2. The SMILES string of the molecule is C=C.CC.CNC.COc1ccccc1-c1ccc(OCC(CN(C)C)OC(=O)CCC(=O)O)cc1. The molecule has 0 aliphatic rings. The van der Waals surface area contributed by atoms with Gasteiger partial charge in [-0.3, -0.25) is 9.59 Å². The number of para-hydroxylation sites is 1. The third kappa shape index (κ3) is 15.5. The van der Waals surface area contributed by atoms with Gasteiger partial charge in [-0.05, 0) is 52.0 Å². The molecule has 2 aromatic carbocycles. The minimum atomic E-state index is -1.03. The Morgan fingerprint density at radius 3 is 2.06 bits per heavy atom. The minimum absolute atomic E-state index is 0.160. The second kappa shape index (κ2) is 22.1. The number of likely N-dealkylation sites (N-methyl/N-ethyl adjacent to an activating group) is 1. The van der Waals surface area contributed by atoms with E-state index in [-0.39, 0.29) is 19.4 Å². The molecule has 0 aromatic heterocycles. The first-order chi connectivity index (χ1) is 17.3. The van der Waals surface area contributed by atoms with Crippen LogP contribution >= 0.6 is 0 Å². The topological polar surface area (TPSA) is 97.3 Å². The van der Waals surface area contributed by atoms with Gasteiger partial charge in [-0.1, -0.05) is 44.2 Å². The summed E-state index contributed by atoms with van der Waals surface area (Å²) in [5, 5.41) is 11.4. The standard InChI is InChI=1S/C22H27NO6.C2H7N.C2H6.C2H4/c1-23(2)14-18(29-22(26)13-12-21(24)25)15-28-17-10-8-16(9-11-17)19-6-4-5-7-20(19)27-3;1-3-2;2*1-2/h4-11,18H,12-15H2,1-3H3,(H,24,25);3H,1-2H3;1-2H3;1-2H2. The first kappa shape index (κ1) is 34.8. The van der Waals surface area contributed by atoms with Gasteiger partial charge in [-0.2, -0.15) is 0 Å². The zero-order valence-corrected chi connectivity index (χ0v) is 22.9. The summed E-state index contributed by atoms with van der Waals surface area (Å²) in [5.41, 5.74) is 1.99. The zero-order chi connectivity index (χ0) is 27.9. The molecule has 1 atom stereocenters. The number of hydrogen-bond donors (Lipinski definition) is 2. The Bertz CT molecular complexity index is 840. The Morgan fingerprint density at radius 1 is 1.00 bits per heavy atom. The molecule has 0 aliphatic carbocycles. The molecule has 0 aliphatic heterocycles. The van der Waals surface area contributed by atoms with E-state index in [2.05, 4.69) is 18.5 Å². The van der Waals surface area contributed by atoms with Crippen molar-refractivity contribution in [1.29, 1.82) is 0 Å². The number of carboxylic acids is 1. The molecule has 2 N–H and O–H groups in total. The lowest BCUT2D eigenvalue weighted by Crippen LogP contribution is -2.35. The maximum Gasteiger partial charge on any atom is 0.306 e. The number of carbonyl (C=O) groups excluding carboxylic acids is 1. The number of esters is 1. The molecule has 2 aromatic rings. The Morgan fingerprint density at radius 2 is 1.56 bits per heavy atom. The van der Waals surface area contributed by atoms with Gasteiger partial charge in [0.05, 0.1) is 20.0 Å². The predicted molar refractivity (Wildman–Crippen MR) is 147 cm³/mol. The van der Waals surface area contributed by atoms with Crippen molar-refractivity contribution in [2.24, 2.45) is 0 Å². The van der Waals surface area contributed by atoms with Crippen molar-refractivity contribution in [2.45, 2.75) is 32.8 Å². The molecule has 0 heterocycles. The predicted octanol–water partition coefficient (Wildman–Crippen LogP) is 4.74. The molecule has 0 spiro atoms. The van der Waals surface area contributed by atoms with E-state index in [4.69, 9.17) is 19.3 Å². The van der Waals surface area contributed by atoms with E-state index >= 15 is 0 Å². The fraction of sp³-hybridized carbons (Fsp3) is 0.429. The third-order valence-electron chi connectivity index (χ3n) is 4.12. The van der Waals surface area contributed by atoms with Crippen molar-refractivity contribution in [3.63, 3.8) is 0 Å². The van der Waals surface area contributed by atoms with Gasteiger partial charge in [-0.25, -0.2) is 0 Å². The average Bonchev–Trinajstić information content (AvgIpc) is 2.89. The Kier molecular flexibility index (Phi) is 21.4. The van der Waals surface area contributed by atoms with E-state index in [1.165, 1.54) is 0 Å². The van der Waals surface area contributed by atoms with Gasteiger partial charge in [0.1, 0.15) is 24.2 Å². The van der Waals surface area contributed by atoms with Crippen LogP contribution in [0.5, 0.6) is 11.5 Å². The second-order valence-electron chi connectivity index (χ2n) is 7.30. The Balaban J connectivity index is 0. The highest BCUT2D eigenvalue weighted by atomic mass is 16.6. The van der Waals surface area contributed by atoms with E-state index in [9.17, 15) is 9.59 Å². The highest BCUT2D eigenvalue weighted by molar-refractivity contribution is 5.76. The number of nitrogens with one attached hydrogen (secondary N) is 1. The summed E-state index contributed by atoms with van der Waals surface area (Å²) >= 11 is 0. The van der Waals surface area contributed by atoms with Crippen LogP contribution in [-0.4, -0.2) is 76.5 Å². The molecule has 202 valence electrons. The molecule has 8 heteroatoms. The molecule has 0 bridgehead atoms. The number of methoxy groups -OCH3 is 1. The normalized spacial score (nSPS) is 10.2. The number of rotatable bonds is 11. The van der Waals surface area contributed by atoms with Gasteiger partial charge >= 0.3 is 11.9 Å². The number of carbonyl (C=O) groups is 2. The van der Waals surface area contributed by atoms with Crippen molar-refractivity contribution in [3.8, 4) is 22.6 Å². The monoisotopic (exact) mass is 504 g/mol. The molecule has 1 unspecified atom stereocenters. The van der Waals surface area contributed by atoms with Gasteiger partial charge in [0.2, 0.25) is 0 Å². The molecule has 0 saturated heterocycles. The second-order valence-corrected chi connectivity index (χ2v) is 7.30. The van der Waals surface area contributed by atoms with E-state index in [1.54, 1.807) is 7.11 Å². The molecule has 0 fully saturated rings. The van der Waals surface area contributed by atoms with E-state index in [1.807, 2.05) is 95.5 Å².